The third kappa shape index (κ3) is 2.85. The second-order valence-corrected chi connectivity index (χ2v) is 5.16. The summed E-state index contributed by atoms with van der Waals surface area (Å²) < 4.78 is 0. The highest BCUT2D eigenvalue weighted by Gasteiger charge is 2.24. The Morgan fingerprint density at radius 3 is 2.83 bits per heavy atom. The van der Waals surface area contributed by atoms with Crippen LogP contribution in [0.4, 0.5) is 0 Å². The van der Waals surface area contributed by atoms with Crippen LogP contribution in [-0.4, -0.2) is 5.75 Å². The maximum Gasteiger partial charge on any atom is 0.000486 e. The molecule has 0 radical (unpaired) electrons. The molecular formula is C11H20S. The fourth-order valence-electron chi connectivity index (χ4n) is 2.07. The van der Waals surface area contributed by atoms with Crippen molar-refractivity contribution in [3.8, 4) is 0 Å². The number of hydrogen-bond donors (Lipinski definition) is 0. The van der Waals surface area contributed by atoms with Crippen molar-refractivity contribution < 1.29 is 0 Å². The topological polar surface area (TPSA) is 0 Å². The normalized spacial score (nSPS) is 36.3. The van der Waals surface area contributed by atoms with Gasteiger partial charge in [0.2, 0.25) is 0 Å². The van der Waals surface area contributed by atoms with Gasteiger partial charge in [0.15, 0.2) is 0 Å². The summed E-state index contributed by atoms with van der Waals surface area (Å²) in [5.41, 5.74) is 0. The molecule has 0 aromatic rings. The average Bonchev–Trinajstić information content (AvgIpc) is 2.07. The standard InChI is InChI=1S/C11H20S/c1-4-12-8-11-7-9(2)5-6-10(11)3/h4,9-11H,1,5-8H2,2-3H3/t9-,10+,11?/m0/s1. The van der Waals surface area contributed by atoms with E-state index in [2.05, 4.69) is 20.4 Å². The molecule has 0 amide bonds. The predicted molar refractivity (Wildman–Crippen MR) is 58.3 cm³/mol. The van der Waals surface area contributed by atoms with Crippen LogP contribution in [0, 0.1) is 17.8 Å². The minimum absolute atomic E-state index is 0.939. The number of rotatable bonds is 3. The monoisotopic (exact) mass is 184 g/mol. The van der Waals surface area contributed by atoms with Crippen LogP contribution in [0.5, 0.6) is 0 Å². The summed E-state index contributed by atoms with van der Waals surface area (Å²) in [5.74, 6) is 4.12. The van der Waals surface area contributed by atoms with E-state index >= 15 is 0 Å². The summed E-state index contributed by atoms with van der Waals surface area (Å²) in [7, 11) is 0. The van der Waals surface area contributed by atoms with Gasteiger partial charge in [0.25, 0.3) is 0 Å². The van der Waals surface area contributed by atoms with E-state index in [4.69, 9.17) is 0 Å². The molecule has 0 nitrogen and oxygen atoms in total. The highest BCUT2D eigenvalue weighted by atomic mass is 32.2. The van der Waals surface area contributed by atoms with Gasteiger partial charge in [-0.1, -0.05) is 33.3 Å². The van der Waals surface area contributed by atoms with Gasteiger partial charge in [0, 0.05) is 5.75 Å². The molecule has 1 rings (SSSR count). The van der Waals surface area contributed by atoms with Crippen molar-refractivity contribution in [2.75, 3.05) is 5.75 Å². The summed E-state index contributed by atoms with van der Waals surface area (Å²) in [4.78, 5) is 0. The molecule has 1 saturated carbocycles. The first-order valence-corrected chi connectivity index (χ1v) is 6.01. The summed E-state index contributed by atoms with van der Waals surface area (Å²) in [5, 5.41) is 1.98. The van der Waals surface area contributed by atoms with Crippen LogP contribution in [0.15, 0.2) is 12.0 Å². The lowest BCUT2D eigenvalue weighted by atomic mass is 9.76. The van der Waals surface area contributed by atoms with Crippen molar-refractivity contribution >= 4 is 11.8 Å². The Kier molecular flexibility index (Phi) is 4.20. The minimum Gasteiger partial charge on any atom is -0.134 e. The zero-order chi connectivity index (χ0) is 8.97. The molecule has 0 aliphatic heterocycles. The van der Waals surface area contributed by atoms with E-state index in [1.54, 1.807) is 0 Å². The summed E-state index contributed by atoms with van der Waals surface area (Å²) in [6.45, 7) is 8.54. The first kappa shape index (κ1) is 10.2. The van der Waals surface area contributed by atoms with Gasteiger partial charge in [-0.15, -0.1) is 11.8 Å². The van der Waals surface area contributed by atoms with E-state index in [9.17, 15) is 0 Å². The van der Waals surface area contributed by atoms with E-state index in [0.717, 1.165) is 17.8 Å². The van der Waals surface area contributed by atoms with Gasteiger partial charge >= 0.3 is 0 Å². The molecule has 0 aromatic carbocycles. The largest absolute Gasteiger partial charge is 0.134 e. The predicted octanol–water partition coefficient (Wildman–Crippen LogP) is 3.94. The maximum atomic E-state index is 3.75. The molecule has 12 heavy (non-hydrogen) atoms. The second kappa shape index (κ2) is 4.96. The molecule has 1 aliphatic carbocycles. The van der Waals surface area contributed by atoms with Gasteiger partial charge in [-0.25, -0.2) is 0 Å². The van der Waals surface area contributed by atoms with Gasteiger partial charge in [0.05, 0.1) is 0 Å². The summed E-state index contributed by atoms with van der Waals surface area (Å²) in [6.07, 6.45) is 4.31. The fraction of sp³-hybridized carbons (Fsp3) is 0.818. The number of hydrogen-bond acceptors (Lipinski definition) is 1. The molecule has 0 N–H and O–H groups in total. The van der Waals surface area contributed by atoms with Crippen molar-refractivity contribution in [2.24, 2.45) is 17.8 Å². The Hall–Kier alpha value is 0.0900. The van der Waals surface area contributed by atoms with Crippen molar-refractivity contribution in [1.82, 2.24) is 0 Å². The SMILES string of the molecule is C=CSCC1C[C@@H](C)CC[C@H]1C. The van der Waals surface area contributed by atoms with Crippen LogP contribution in [0.3, 0.4) is 0 Å². The molecule has 0 saturated heterocycles. The molecule has 1 unspecified atom stereocenters. The van der Waals surface area contributed by atoms with Crippen LogP contribution < -0.4 is 0 Å². The molecular weight excluding hydrogens is 164 g/mol. The third-order valence-corrected chi connectivity index (χ3v) is 3.91. The summed E-state index contributed by atoms with van der Waals surface area (Å²) >= 11 is 1.88. The Balaban J connectivity index is 2.32. The molecule has 0 bridgehead atoms. The second-order valence-electron chi connectivity index (χ2n) is 4.16. The fourth-order valence-corrected chi connectivity index (χ4v) is 2.92. The highest BCUT2D eigenvalue weighted by Crippen LogP contribution is 2.35. The van der Waals surface area contributed by atoms with E-state index in [1.165, 1.54) is 25.0 Å². The lowest BCUT2D eigenvalue weighted by Gasteiger charge is -2.32. The Morgan fingerprint density at radius 2 is 2.17 bits per heavy atom. The smallest absolute Gasteiger partial charge is 0.000486 e. The zero-order valence-corrected chi connectivity index (χ0v) is 9.07. The lowest BCUT2D eigenvalue weighted by Crippen LogP contribution is -2.23. The molecule has 3 atom stereocenters. The van der Waals surface area contributed by atoms with Crippen molar-refractivity contribution in [3.05, 3.63) is 12.0 Å². The van der Waals surface area contributed by atoms with Crippen molar-refractivity contribution in [2.45, 2.75) is 33.1 Å². The number of thioether (sulfide) groups is 1. The molecule has 70 valence electrons. The van der Waals surface area contributed by atoms with E-state index in [-0.39, 0.29) is 0 Å². The molecule has 0 spiro atoms. The van der Waals surface area contributed by atoms with Crippen LogP contribution in [-0.2, 0) is 0 Å². The van der Waals surface area contributed by atoms with E-state index in [1.807, 2.05) is 17.2 Å². The maximum absolute atomic E-state index is 3.75. The first-order chi connectivity index (χ1) is 5.74. The Bertz CT molecular complexity index is 142. The lowest BCUT2D eigenvalue weighted by molar-refractivity contribution is 0.224. The average molecular weight is 184 g/mol. The van der Waals surface area contributed by atoms with Gasteiger partial charge in [-0.3, -0.25) is 0 Å². The molecule has 1 heteroatoms. The van der Waals surface area contributed by atoms with E-state index < -0.39 is 0 Å². The Labute approximate surface area is 80.8 Å². The van der Waals surface area contributed by atoms with Gasteiger partial charge in [0.1, 0.15) is 0 Å². The first-order valence-electron chi connectivity index (χ1n) is 4.96. The van der Waals surface area contributed by atoms with Gasteiger partial charge in [-0.2, -0.15) is 0 Å². The van der Waals surface area contributed by atoms with Gasteiger partial charge in [-0.05, 0) is 29.6 Å². The molecule has 1 fully saturated rings. The quantitative estimate of drug-likeness (QED) is 0.640. The molecule has 1 aliphatic rings. The minimum atomic E-state index is 0.939. The zero-order valence-electron chi connectivity index (χ0n) is 8.25. The van der Waals surface area contributed by atoms with Crippen LogP contribution >= 0.6 is 11.8 Å². The molecule has 0 heterocycles. The van der Waals surface area contributed by atoms with Crippen molar-refractivity contribution in [1.29, 1.82) is 0 Å². The van der Waals surface area contributed by atoms with Crippen LogP contribution in [0.2, 0.25) is 0 Å². The third-order valence-electron chi connectivity index (χ3n) is 3.05. The molecule has 0 aromatic heterocycles. The van der Waals surface area contributed by atoms with E-state index in [0.29, 0.717) is 0 Å². The highest BCUT2D eigenvalue weighted by molar-refractivity contribution is 8.02. The van der Waals surface area contributed by atoms with Gasteiger partial charge < -0.3 is 0 Å². The van der Waals surface area contributed by atoms with Crippen LogP contribution in [0.1, 0.15) is 33.1 Å². The van der Waals surface area contributed by atoms with Crippen molar-refractivity contribution in [3.63, 3.8) is 0 Å². The Morgan fingerprint density at radius 1 is 1.42 bits per heavy atom. The van der Waals surface area contributed by atoms with Crippen LogP contribution in [0.25, 0.3) is 0 Å². The summed E-state index contributed by atoms with van der Waals surface area (Å²) in [6, 6.07) is 0.